The Morgan fingerprint density at radius 3 is 1.48 bits per heavy atom. The quantitative estimate of drug-likeness (QED) is 0.602. The van der Waals surface area contributed by atoms with Crippen LogP contribution >= 0.6 is 11.8 Å². The molecule has 0 aromatic heterocycles. The number of hydrogen-bond donors (Lipinski definition) is 2. The molecule has 27 heavy (non-hydrogen) atoms. The highest BCUT2D eigenvalue weighted by Gasteiger charge is 2.10. The molecule has 0 aliphatic carbocycles. The molecule has 144 valence electrons. The first-order chi connectivity index (χ1) is 13.1. The molecule has 2 atom stereocenters. The Hall–Kier alpha value is -2.27. The lowest BCUT2D eigenvalue weighted by Gasteiger charge is -2.15. The van der Waals surface area contributed by atoms with Gasteiger partial charge in [0.1, 0.15) is 0 Å². The minimum absolute atomic E-state index is 0.00829. The summed E-state index contributed by atoms with van der Waals surface area (Å²) in [5.41, 5.74) is 2.20. The smallest absolute Gasteiger partial charge is 0.221 e. The van der Waals surface area contributed by atoms with Gasteiger partial charge in [-0.05, 0) is 25.0 Å². The van der Waals surface area contributed by atoms with E-state index in [-0.39, 0.29) is 23.9 Å². The lowest BCUT2D eigenvalue weighted by Crippen LogP contribution is -2.27. The van der Waals surface area contributed by atoms with Crippen LogP contribution in [0.4, 0.5) is 0 Å². The minimum Gasteiger partial charge on any atom is -0.350 e. The van der Waals surface area contributed by atoms with Gasteiger partial charge < -0.3 is 10.6 Å². The molecule has 0 saturated carbocycles. The van der Waals surface area contributed by atoms with E-state index in [2.05, 4.69) is 10.6 Å². The molecule has 0 aliphatic rings. The predicted octanol–water partition coefficient (Wildman–Crippen LogP) is 4.25. The number of carbonyl (C=O) groups is 2. The third kappa shape index (κ3) is 7.87. The molecular weight excluding hydrogens is 356 g/mol. The van der Waals surface area contributed by atoms with Crippen LogP contribution in [0, 0.1) is 0 Å². The van der Waals surface area contributed by atoms with Gasteiger partial charge in [0.15, 0.2) is 0 Å². The van der Waals surface area contributed by atoms with Crippen LogP contribution in [0.2, 0.25) is 0 Å². The molecule has 0 heterocycles. The highest BCUT2D eigenvalue weighted by Crippen LogP contribution is 2.13. The van der Waals surface area contributed by atoms with E-state index in [1.807, 2.05) is 74.5 Å². The van der Waals surface area contributed by atoms with Crippen LogP contribution in [0.25, 0.3) is 0 Å². The van der Waals surface area contributed by atoms with Crippen molar-refractivity contribution in [1.82, 2.24) is 10.6 Å². The average Bonchev–Trinajstić information content (AvgIpc) is 2.69. The molecule has 2 N–H and O–H groups in total. The maximum absolute atomic E-state index is 12.0. The van der Waals surface area contributed by atoms with E-state index in [0.29, 0.717) is 12.8 Å². The summed E-state index contributed by atoms with van der Waals surface area (Å²) in [6.07, 6.45) is 0.924. The van der Waals surface area contributed by atoms with E-state index in [1.165, 1.54) is 0 Å². The second-order valence-corrected chi connectivity index (χ2v) is 7.74. The summed E-state index contributed by atoms with van der Waals surface area (Å²) in [4.78, 5) is 24.0. The molecule has 0 bridgehead atoms. The number of nitrogens with one attached hydrogen (secondary N) is 2. The zero-order valence-electron chi connectivity index (χ0n) is 16.0. The van der Waals surface area contributed by atoms with Crippen molar-refractivity contribution in [2.24, 2.45) is 0 Å². The first-order valence-electron chi connectivity index (χ1n) is 9.32. The minimum atomic E-state index is 0.00829. The van der Waals surface area contributed by atoms with Crippen LogP contribution in [0.3, 0.4) is 0 Å². The fourth-order valence-electron chi connectivity index (χ4n) is 2.71. The number of rotatable bonds is 10. The summed E-state index contributed by atoms with van der Waals surface area (Å²) in [6.45, 7) is 3.97. The van der Waals surface area contributed by atoms with Gasteiger partial charge in [-0.1, -0.05) is 60.7 Å². The van der Waals surface area contributed by atoms with Gasteiger partial charge in [-0.15, -0.1) is 0 Å². The molecule has 4 nitrogen and oxygen atoms in total. The standard InChI is InChI=1S/C22H28N2O2S/c1-17(19-9-5-3-6-10-19)23-21(25)13-15-27-16-14-22(26)24-18(2)20-11-7-4-8-12-20/h3-12,17-18H,13-16H2,1-2H3,(H,23,25)(H,24,26)/t17-,18-/m0/s1. The van der Waals surface area contributed by atoms with E-state index >= 15 is 0 Å². The van der Waals surface area contributed by atoms with Crippen LogP contribution in [0.1, 0.15) is 49.9 Å². The van der Waals surface area contributed by atoms with Crippen molar-refractivity contribution in [3.63, 3.8) is 0 Å². The van der Waals surface area contributed by atoms with E-state index in [4.69, 9.17) is 0 Å². The summed E-state index contributed by atoms with van der Waals surface area (Å²) in [6, 6.07) is 19.9. The van der Waals surface area contributed by atoms with Crippen molar-refractivity contribution in [2.75, 3.05) is 11.5 Å². The van der Waals surface area contributed by atoms with Crippen molar-refractivity contribution < 1.29 is 9.59 Å². The molecule has 0 aliphatic heterocycles. The molecule has 2 amide bonds. The van der Waals surface area contributed by atoms with Gasteiger partial charge in [-0.25, -0.2) is 0 Å². The first-order valence-corrected chi connectivity index (χ1v) is 10.5. The van der Waals surface area contributed by atoms with Crippen LogP contribution in [0.5, 0.6) is 0 Å². The zero-order valence-corrected chi connectivity index (χ0v) is 16.8. The van der Waals surface area contributed by atoms with Crippen LogP contribution in [-0.4, -0.2) is 23.3 Å². The second kappa shape index (κ2) is 11.4. The molecule has 2 rings (SSSR count). The van der Waals surface area contributed by atoms with Gasteiger partial charge in [-0.3, -0.25) is 9.59 Å². The Labute approximate surface area is 166 Å². The summed E-state index contributed by atoms with van der Waals surface area (Å²) < 4.78 is 0. The Kier molecular flexibility index (Phi) is 8.92. The molecule has 0 fully saturated rings. The predicted molar refractivity (Wildman–Crippen MR) is 113 cm³/mol. The maximum Gasteiger partial charge on any atom is 0.221 e. The molecule has 0 unspecified atom stereocenters. The lowest BCUT2D eigenvalue weighted by atomic mass is 10.1. The maximum atomic E-state index is 12.0. The van der Waals surface area contributed by atoms with E-state index in [9.17, 15) is 9.59 Å². The van der Waals surface area contributed by atoms with Gasteiger partial charge in [0.2, 0.25) is 11.8 Å². The normalized spacial score (nSPS) is 12.8. The Morgan fingerprint density at radius 2 is 1.11 bits per heavy atom. The number of thioether (sulfide) groups is 1. The van der Waals surface area contributed by atoms with Crippen molar-refractivity contribution >= 4 is 23.6 Å². The third-order valence-corrected chi connectivity index (χ3v) is 5.29. The molecule has 5 heteroatoms. The van der Waals surface area contributed by atoms with Crippen LogP contribution in [0.15, 0.2) is 60.7 Å². The topological polar surface area (TPSA) is 58.2 Å². The number of carbonyl (C=O) groups excluding carboxylic acids is 2. The fraction of sp³-hybridized carbons (Fsp3) is 0.364. The van der Waals surface area contributed by atoms with Gasteiger partial charge in [0.25, 0.3) is 0 Å². The number of amides is 2. The summed E-state index contributed by atoms with van der Waals surface area (Å²) in [5.74, 6) is 1.52. The summed E-state index contributed by atoms with van der Waals surface area (Å²) in [5, 5.41) is 6.02. The number of benzene rings is 2. The molecule has 2 aromatic carbocycles. The molecular formula is C22H28N2O2S. The van der Waals surface area contributed by atoms with Crippen molar-refractivity contribution in [1.29, 1.82) is 0 Å². The van der Waals surface area contributed by atoms with Gasteiger partial charge >= 0.3 is 0 Å². The molecule has 0 saturated heterocycles. The van der Waals surface area contributed by atoms with Gasteiger partial charge in [-0.2, -0.15) is 11.8 Å². The fourth-order valence-corrected chi connectivity index (χ4v) is 3.57. The van der Waals surface area contributed by atoms with E-state index in [0.717, 1.165) is 22.6 Å². The summed E-state index contributed by atoms with van der Waals surface area (Å²) >= 11 is 1.63. The highest BCUT2D eigenvalue weighted by atomic mass is 32.2. The molecule has 0 radical (unpaired) electrons. The highest BCUT2D eigenvalue weighted by molar-refractivity contribution is 7.99. The van der Waals surface area contributed by atoms with Crippen molar-refractivity contribution in [2.45, 2.75) is 38.8 Å². The Morgan fingerprint density at radius 1 is 0.741 bits per heavy atom. The largest absolute Gasteiger partial charge is 0.350 e. The van der Waals surface area contributed by atoms with Crippen LogP contribution < -0.4 is 10.6 Å². The molecule has 2 aromatic rings. The second-order valence-electron chi connectivity index (χ2n) is 6.51. The van der Waals surface area contributed by atoms with Crippen molar-refractivity contribution in [3.8, 4) is 0 Å². The molecule has 0 spiro atoms. The first kappa shape index (κ1) is 21.0. The van der Waals surface area contributed by atoms with Crippen LogP contribution in [-0.2, 0) is 9.59 Å². The summed E-state index contributed by atoms with van der Waals surface area (Å²) in [7, 11) is 0. The van der Waals surface area contributed by atoms with Crippen molar-refractivity contribution in [3.05, 3.63) is 71.8 Å². The Bertz CT molecular complexity index is 645. The Balaban J connectivity index is 1.57. The number of hydrogen-bond acceptors (Lipinski definition) is 3. The zero-order chi connectivity index (χ0) is 19.5. The van der Waals surface area contributed by atoms with Gasteiger partial charge in [0.05, 0.1) is 12.1 Å². The third-order valence-electron chi connectivity index (χ3n) is 4.30. The SMILES string of the molecule is C[C@H](NC(=O)CCSCCC(=O)N[C@@H](C)c1ccccc1)c1ccccc1. The van der Waals surface area contributed by atoms with Gasteiger partial charge in [0, 0.05) is 24.3 Å². The average molecular weight is 385 g/mol. The van der Waals surface area contributed by atoms with E-state index in [1.54, 1.807) is 11.8 Å². The monoisotopic (exact) mass is 384 g/mol. The van der Waals surface area contributed by atoms with E-state index < -0.39 is 0 Å². The lowest BCUT2D eigenvalue weighted by molar-refractivity contribution is -0.122.